The van der Waals surface area contributed by atoms with Crippen LogP contribution in [0, 0.1) is 0 Å². The molecule has 4 N–H and O–H groups in total. The Kier molecular flexibility index (Phi) is 6.98. The number of para-hydroxylation sites is 1. The normalized spacial score (nSPS) is 16.5. The second-order valence-corrected chi connectivity index (χ2v) is 6.41. The summed E-state index contributed by atoms with van der Waals surface area (Å²) in [6.07, 6.45) is -1.89. The molecule has 1 rings (SSSR count). The Morgan fingerprint density at radius 3 is 2.50 bits per heavy atom. The molecule has 0 amide bonds. The summed E-state index contributed by atoms with van der Waals surface area (Å²) in [5.74, 6) is -0.0340. The minimum Gasteiger partial charge on any atom is -0.507 e. The molecule has 0 aromatic heterocycles. The third kappa shape index (κ3) is 5.74. The molecule has 0 bridgehead atoms. The van der Waals surface area contributed by atoms with E-state index in [1.54, 1.807) is 18.2 Å². The first kappa shape index (κ1) is 18.6. The fraction of sp³-hybridized carbons (Fsp3) is 0.429. The van der Waals surface area contributed by atoms with Crippen LogP contribution in [0.1, 0.15) is 12.5 Å². The van der Waals surface area contributed by atoms with Crippen LogP contribution >= 0.6 is 0 Å². The van der Waals surface area contributed by atoms with Crippen molar-refractivity contribution in [2.45, 2.75) is 25.2 Å². The zero-order valence-corrected chi connectivity index (χ0v) is 13.2. The van der Waals surface area contributed by atoms with Gasteiger partial charge in [0.25, 0.3) is 0 Å². The number of hydrogen-bond donors (Lipinski definition) is 4. The van der Waals surface area contributed by atoms with Crippen LogP contribution in [0.2, 0.25) is 0 Å². The van der Waals surface area contributed by atoms with Gasteiger partial charge >= 0.3 is 0 Å². The van der Waals surface area contributed by atoms with E-state index in [4.69, 9.17) is 4.74 Å². The molecule has 0 heterocycles. The number of rotatable bonds is 8. The zero-order valence-electron chi connectivity index (χ0n) is 12.4. The highest BCUT2D eigenvalue weighted by Gasteiger charge is 2.24. The van der Waals surface area contributed by atoms with E-state index in [1.807, 2.05) is 0 Å². The molecule has 1 aromatic rings. The smallest absolute Gasteiger partial charge is 0.233 e. The number of aliphatic hydroxyl groups excluding tert-OH is 2. The number of sulfonamides is 1. The molecule has 0 spiro atoms. The van der Waals surface area contributed by atoms with Crippen LogP contribution in [0.5, 0.6) is 5.75 Å². The van der Waals surface area contributed by atoms with Gasteiger partial charge in [-0.25, -0.2) is 13.1 Å². The topological polar surface area (TPSA) is 116 Å². The van der Waals surface area contributed by atoms with Crippen molar-refractivity contribution >= 4 is 16.1 Å². The van der Waals surface area contributed by atoms with Crippen LogP contribution in [0.15, 0.2) is 29.7 Å². The maximum atomic E-state index is 11.8. The molecule has 8 heteroatoms. The van der Waals surface area contributed by atoms with Crippen molar-refractivity contribution in [2.75, 3.05) is 13.7 Å². The molecule has 1 aromatic carbocycles. The van der Waals surface area contributed by atoms with Crippen LogP contribution < -0.4 is 4.72 Å². The second-order valence-electron chi connectivity index (χ2n) is 4.76. The van der Waals surface area contributed by atoms with E-state index in [2.05, 4.69) is 4.72 Å². The zero-order chi connectivity index (χ0) is 16.8. The van der Waals surface area contributed by atoms with Crippen LogP contribution in [-0.4, -0.2) is 55.7 Å². The largest absolute Gasteiger partial charge is 0.507 e. The first-order chi connectivity index (χ1) is 10.3. The average Bonchev–Trinajstić information content (AvgIpc) is 2.46. The second kappa shape index (κ2) is 8.25. The Balaban J connectivity index is 2.70. The van der Waals surface area contributed by atoms with Gasteiger partial charge in [0.2, 0.25) is 10.0 Å². The van der Waals surface area contributed by atoms with Gasteiger partial charge in [0.05, 0.1) is 12.2 Å². The summed E-state index contributed by atoms with van der Waals surface area (Å²) in [4.78, 5) is 0. The van der Waals surface area contributed by atoms with Crippen molar-refractivity contribution in [3.63, 3.8) is 0 Å². The van der Waals surface area contributed by atoms with Gasteiger partial charge in [0.15, 0.2) is 0 Å². The van der Waals surface area contributed by atoms with E-state index in [0.717, 1.165) is 5.41 Å². The number of benzene rings is 1. The fourth-order valence-corrected chi connectivity index (χ4v) is 2.51. The summed E-state index contributed by atoms with van der Waals surface area (Å²) in [6, 6.07) is 6.30. The minimum absolute atomic E-state index is 0.0340. The SMILES string of the molecule is CO[C@H](CNS(=O)(=O)/C=C/c1ccccc1O)C(O)C(C)O. The predicted octanol–water partition coefficient (Wildman–Crippen LogP) is 0.0390. The highest BCUT2D eigenvalue weighted by molar-refractivity contribution is 7.92. The Hall–Kier alpha value is -1.45. The number of aromatic hydroxyl groups is 1. The lowest BCUT2D eigenvalue weighted by atomic mass is 10.1. The fourth-order valence-electron chi connectivity index (χ4n) is 1.69. The number of nitrogens with one attached hydrogen (secondary N) is 1. The Morgan fingerprint density at radius 1 is 1.32 bits per heavy atom. The molecule has 22 heavy (non-hydrogen) atoms. The highest BCUT2D eigenvalue weighted by Crippen LogP contribution is 2.17. The molecule has 0 radical (unpaired) electrons. The summed E-state index contributed by atoms with van der Waals surface area (Å²) in [5, 5.41) is 29.4. The molecule has 0 aliphatic carbocycles. The van der Waals surface area contributed by atoms with E-state index in [9.17, 15) is 23.7 Å². The molecular formula is C14H21NO6S. The van der Waals surface area contributed by atoms with Crippen molar-refractivity contribution in [1.82, 2.24) is 4.72 Å². The number of phenolic OH excluding ortho intramolecular Hbond substituents is 1. The molecule has 0 aliphatic heterocycles. The van der Waals surface area contributed by atoms with Crippen LogP contribution in [-0.2, 0) is 14.8 Å². The summed E-state index contributed by atoms with van der Waals surface area (Å²) in [6.45, 7) is 1.18. The Labute approximate surface area is 129 Å². The van der Waals surface area contributed by atoms with Crippen LogP contribution in [0.3, 0.4) is 0 Å². The third-order valence-electron chi connectivity index (χ3n) is 3.03. The van der Waals surface area contributed by atoms with Gasteiger partial charge in [0.1, 0.15) is 11.9 Å². The van der Waals surface area contributed by atoms with Crippen molar-refractivity contribution in [1.29, 1.82) is 0 Å². The summed E-state index contributed by atoms with van der Waals surface area (Å²) in [7, 11) is -2.47. The van der Waals surface area contributed by atoms with Crippen LogP contribution in [0.4, 0.5) is 0 Å². The van der Waals surface area contributed by atoms with Gasteiger partial charge in [-0.1, -0.05) is 18.2 Å². The number of hydrogen-bond acceptors (Lipinski definition) is 6. The molecule has 0 saturated carbocycles. The van der Waals surface area contributed by atoms with E-state index >= 15 is 0 Å². The lowest BCUT2D eigenvalue weighted by molar-refractivity contribution is -0.0658. The highest BCUT2D eigenvalue weighted by atomic mass is 32.2. The van der Waals surface area contributed by atoms with Gasteiger partial charge in [-0.15, -0.1) is 0 Å². The molecule has 7 nitrogen and oxygen atoms in total. The molecule has 0 fully saturated rings. The van der Waals surface area contributed by atoms with E-state index in [1.165, 1.54) is 26.2 Å². The maximum Gasteiger partial charge on any atom is 0.233 e. The lowest BCUT2D eigenvalue weighted by Gasteiger charge is -2.23. The van der Waals surface area contributed by atoms with Gasteiger partial charge in [0, 0.05) is 24.6 Å². The van der Waals surface area contributed by atoms with E-state index in [-0.39, 0.29) is 12.3 Å². The lowest BCUT2D eigenvalue weighted by Crippen LogP contribution is -2.44. The third-order valence-corrected chi connectivity index (χ3v) is 4.09. The number of methoxy groups -OCH3 is 1. The summed E-state index contributed by atoms with van der Waals surface area (Å²) >= 11 is 0. The van der Waals surface area contributed by atoms with Gasteiger partial charge < -0.3 is 20.1 Å². The van der Waals surface area contributed by atoms with E-state index < -0.39 is 28.3 Å². The van der Waals surface area contributed by atoms with Crippen molar-refractivity contribution < 1.29 is 28.5 Å². The Morgan fingerprint density at radius 2 is 1.95 bits per heavy atom. The molecule has 2 unspecified atom stereocenters. The number of aliphatic hydroxyl groups is 2. The van der Waals surface area contributed by atoms with Gasteiger partial charge in [-0.05, 0) is 19.1 Å². The molecular weight excluding hydrogens is 310 g/mol. The van der Waals surface area contributed by atoms with Crippen molar-refractivity contribution in [2.24, 2.45) is 0 Å². The molecule has 3 atom stereocenters. The minimum atomic E-state index is -3.78. The number of ether oxygens (including phenoxy) is 1. The average molecular weight is 331 g/mol. The van der Waals surface area contributed by atoms with Gasteiger partial charge in [-0.2, -0.15) is 0 Å². The monoisotopic (exact) mass is 331 g/mol. The first-order valence-electron chi connectivity index (χ1n) is 6.61. The molecule has 0 aliphatic rings. The van der Waals surface area contributed by atoms with Crippen molar-refractivity contribution in [3.05, 3.63) is 35.2 Å². The number of phenols is 1. The molecule has 0 saturated heterocycles. The summed E-state index contributed by atoms with van der Waals surface area (Å²) < 4.78 is 30.9. The predicted molar refractivity (Wildman–Crippen MR) is 82.5 cm³/mol. The molecule has 124 valence electrons. The quantitative estimate of drug-likeness (QED) is 0.534. The standard InChI is InChI=1S/C14H21NO6S/c1-10(16)14(18)13(21-2)9-15-22(19,20)8-7-11-5-3-4-6-12(11)17/h3-8,10,13-18H,9H2,1-2H3/b8-7+/t10?,13-,14?/m1/s1. The Bertz CT molecular complexity index is 599. The first-order valence-corrected chi connectivity index (χ1v) is 8.16. The van der Waals surface area contributed by atoms with Gasteiger partial charge in [-0.3, -0.25) is 0 Å². The van der Waals surface area contributed by atoms with Crippen molar-refractivity contribution in [3.8, 4) is 5.75 Å². The van der Waals surface area contributed by atoms with Crippen LogP contribution in [0.25, 0.3) is 6.08 Å². The summed E-state index contributed by atoms with van der Waals surface area (Å²) in [5.41, 5.74) is 0.361. The van der Waals surface area contributed by atoms with E-state index in [0.29, 0.717) is 5.56 Å². The maximum absolute atomic E-state index is 11.8.